The molecule has 0 bridgehead atoms. The van der Waals surface area contributed by atoms with Gasteiger partial charge in [0.1, 0.15) is 0 Å². The molecule has 9 rings (SSSR count). The van der Waals surface area contributed by atoms with E-state index < -0.39 is 0 Å². The highest BCUT2D eigenvalue weighted by molar-refractivity contribution is 5.95. The monoisotopic (exact) mass is 677 g/mol. The molecule has 2 aliphatic carbocycles. The van der Waals surface area contributed by atoms with Crippen molar-refractivity contribution in [3.8, 4) is 33.4 Å². The van der Waals surface area contributed by atoms with Crippen LogP contribution < -0.4 is 15.8 Å². The number of rotatable bonds is 7. The second kappa shape index (κ2) is 13.8. The van der Waals surface area contributed by atoms with Gasteiger partial charge in [0.25, 0.3) is 0 Å². The SMILES string of the molecule is C=C/C=C\C1=C=c2c(ccc(C3=CC=C4c5ccc(-c6cc(-c7ccccc7)cc(-c7ccc8ccccc8c7)c6)cc5NC4C3)/c2=C/C=C\C)C=C1. The van der Waals surface area contributed by atoms with Crippen molar-refractivity contribution in [2.24, 2.45) is 0 Å². The molecular weight excluding hydrogens is 639 g/mol. The Morgan fingerprint density at radius 3 is 2.21 bits per heavy atom. The van der Waals surface area contributed by atoms with E-state index >= 15 is 0 Å². The van der Waals surface area contributed by atoms with Gasteiger partial charge >= 0.3 is 0 Å². The Bertz CT molecular complexity index is 2780. The number of fused-ring (bicyclic) bond motifs is 5. The van der Waals surface area contributed by atoms with E-state index in [1.807, 2.05) is 6.08 Å². The molecule has 1 heterocycles. The molecule has 6 aromatic carbocycles. The second-order valence-corrected chi connectivity index (χ2v) is 13.9. The first-order valence-electron chi connectivity index (χ1n) is 18.4. The summed E-state index contributed by atoms with van der Waals surface area (Å²) in [6.45, 7) is 5.90. The van der Waals surface area contributed by atoms with Gasteiger partial charge in [-0.2, -0.15) is 0 Å². The Hall–Kier alpha value is -6.66. The topological polar surface area (TPSA) is 12.0 Å². The van der Waals surface area contributed by atoms with E-state index in [2.05, 4.69) is 194 Å². The third kappa shape index (κ3) is 6.19. The highest BCUT2D eigenvalue weighted by Crippen LogP contribution is 2.44. The van der Waals surface area contributed by atoms with Gasteiger partial charge in [-0.15, -0.1) is 5.73 Å². The van der Waals surface area contributed by atoms with Gasteiger partial charge in [0.15, 0.2) is 0 Å². The summed E-state index contributed by atoms with van der Waals surface area (Å²) in [5.41, 5.74) is 19.6. The predicted molar refractivity (Wildman–Crippen MR) is 229 cm³/mol. The van der Waals surface area contributed by atoms with E-state index in [1.165, 1.54) is 82.9 Å². The average Bonchev–Trinajstić information content (AvgIpc) is 3.59. The summed E-state index contributed by atoms with van der Waals surface area (Å²) in [5, 5.41) is 8.78. The molecule has 0 spiro atoms. The first-order chi connectivity index (χ1) is 26.1. The lowest BCUT2D eigenvalue weighted by Gasteiger charge is -2.21. The molecule has 1 nitrogen and oxygen atoms in total. The van der Waals surface area contributed by atoms with Crippen LogP contribution in [0, 0.1) is 0 Å². The number of hydrogen-bond donors (Lipinski definition) is 1. The second-order valence-electron chi connectivity index (χ2n) is 13.9. The fourth-order valence-electron chi connectivity index (χ4n) is 7.92. The summed E-state index contributed by atoms with van der Waals surface area (Å²) in [6.07, 6.45) is 22.1. The third-order valence-electron chi connectivity index (χ3n) is 10.6. The van der Waals surface area contributed by atoms with Crippen molar-refractivity contribution in [1.29, 1.82) is 0 Å². The van der Waals surface area contributed by atoms with Crippen LogP contribution >= 0.6 is 0 Å². The van der Waals surface area contributed by atoms with Crippen molar-refractivity contribution in [2.45, 2.75) is 19.4 Å². The number of allylic oxidation sites excluding steroid dienone is 9. The summed E-state index contributed by atoms with van der Waals surface area (Å²) in [4.78, 5) is 0. The first-order valence-corrected chi connectivity index (χ1v) is 18.4. The Morgan fingerprint density at radius 1 is 0.660 bits per heavy atom. The van der Waals surface area contributed by atoms with Crippen LogP contribution in [0.15, 0.2) is 182 Å². The van der Waals surface area contributed by atoms with Crippen LogP contribution in [-0.2, 0) is 0 Å². The van der Waals surface area contributed by atoms with Crippen LogP contribution in [0.3, 0.4) is 0 Å². The summed E-state index contributed by atoms with van der Waals surface area (Å²) < 4.78 is 0. The molecule has 53 heavy (non-hydrogen) atoms. The van der Waals surface area contributed by atoms with Crippen LogP contribution in [0.4, 0.5) is 5.69 Å². The zero-order chi connectivity index (χ0) is 35.7. The van der Waals surface area contributed by atoms with Crippen molar-refractivity contribution in [3.63, 3.8) is 0 Å². The Labute approximate surface area is 311 Å². The van der Waals surface area contributed by atoms with Crippen molar-refractivity contribution >= 4 is 45.5 Å². The minimum Gasteiger partial charge on any atom is -0.377 e. The summed E-state index contributed by atoms with van der Waals surface area (Å²) in [5.74, 6) is 0. The van der Waals surface area contributed by atoms with Gasteiger partial charge in [0.05, 0.1) is 6.04 Å². The third-order valence-corrected chi connectivity index (χ3v) is 10.6. The molecule has 0 amide bonds. The Balaban J connectivity index is 1.09. The molecule has 0 radical (unpaired) electrons. The maximum absolute atomic E-state index is 3.93. The zero-order valence-corrected chi connectivity index (χ0v) is 29.8. The van der Waals surface area contributed by atoms with Gasteiger partial charge < -0.3 is 5.32 Å². The summed E-state index contributed by atoms with van der Waals surface area (Å²) in [6, 6.07) is 44.7. The first kappa shape index (κ1) is 32.3. The maximum Gasteiger partial charge on any atom is 0.0561 e. The molecule has 0 saturated heterocycles. The van der Waals surface area contributed by atoms with Gasteiger partial charge in [-0.05, 0) is 127 Å². The number of nitrogens with one attached hydrogen (secondary N) is 1. The highest BCUT2D eigenvalue weighted by Gasteiger charge is 2.30. The van der Waals surface area contributed by atoms with Crippen molar-refractivity contribution < 1.29 is 0 Å². The van der Waals surface area contributed by atoms with Crippen molar-refractivity contribution in [1.82, 2.24) is 0 Å². The molecule has 0 aromatic heterocycles. The smallest absolute Gasteiger partial charge is 0.0561 e. The zero-order valence-electron chi connectivity index (χ0n) is 29.8. The van der Waals surface area contributed by atoms with Crippen LogP contribution in [-0.4, -0.2) is 6.04 Å². The van der Waals surface area contributed by atoms with E-state index in [4.69, 9.17) is 0 Å². The normalized spacial score (nSPS) is 16.1. The van der Waals surface area contributed by atoms with Gasteiger partial charge in [0.2, 0.25) is 0 Å². The van der Waals surface area contributed by atoms with Crippen LogP contribution in [0.2, 0.25) is 0 Å². The molecular formula is C52H39N. The molecule has 1 atom stereocenters. The molecule has 6 aromatic rings. The maximum atomic E-state index is 3.93. The molecule has 0 fully saturated rings. The van der Waals surface area contributed by atoms with Crippen molar-refractivity contribution in [3.05, 3.63) is 209 Å². The minimum absolute atomic E-state index is 0.208. The summed E-state index contributed by atoms with van der Waals surface area (Å²) >= 11 is 0. The van der Waals surface area contributed by atoms with Crippen LogP contribution in [0.5, 0.6) is 0 Å². The lowest BCUT2D eigenvalue weighted by Crippen LogP contribution is -2.31. The molecule has 3 aliphatic rings. The predicted octanol–water partition coefficient (Wildman–Crippen LogP) is 11.9. The Morgan fingerprint density at radius 2 is 1.40 bits per heavy atom. The standard InChI is InChI=1S/C52H39N/c1-3-5-12-35-18-19-38-22-25-46(47(17-6-4-2)50(38)28-35)42-24-27-49-48-26-23-41(33-51(48)53-52(49)34-42)45-31-43(36-13-8-7-9-14-36)30-44(32-45)40-21-20-37-15-10-11-16-39(37)29-40/h3-27,29-33,52-53H,1,34H2,2H3/b6-4-,12-5-,47-17-. The quantitative estimate of drug-likeness (QED) is 0.166. The number of hydrogen-bond acceptors (Lipinski definition) is 1. The molecule has 1 heteroatoms. The fourth-order valence-corrected chi connectivity index (χ4v) is 7.92. The number of benzene rings is 6. The molecule has 1 aliphatic heterocycles. The lowest BCUT2D eigenvalue weighted by molar-refractivity contribution is 0.942. The molecule has 1 N–H and O–H groups in total. The molecule has 0 saturated carbocycles. The molecule has 1 unspecified atom stereocenters. The van der Waals surface area contributed by atoms with Crippen LogP contribution in [0.1, 0.15) is 30.0 Å². The summed E-state index contributed by atoms with van der Waals surface area (Å²) in [7, 11) is 0. The Kier molecular flexibility index (Phi) is 8.41. The average molecular weight is 678 g/mol. The van der Waals surface area contributed by atoms with Gasteiger partial charge in [-0.3, -0.25) is 0 Å². The number of anilines is 1. The van der Waals surface area contributed by atoms with E-state index in [-0.39, 0.29) is 6.04 Å². The van der Waals surface area contributed by atoms with Gasteiger partial charge in [-0.1, -0.05) is 146 Å². The lowest BCUT2D eigenvalue weighted by atomic mass is 9.86. The van der Waals surface area contributed by atoms with E-state index in [0.29, 0.717) is 0 Å². The van der Waals surface area contributed by atoms with E-state index in [0.717, 1.165) is 17.2 Å². The van der Waals surface area contributed by atoms with Gasteiger partial charge in [-0.25, -0.2) is 0 Å². The largest absolute Gasteiger partial charge is 0.377 e. The van der Waals surface area contributed by atoms with Crippen LogP contribution in [0.25, 0.3) is 73.2 Å². The fraction of sp³-hybridized carbons (Fsp3) is 0.0577. The van der Waals surface area contributed by atoms with E-state index in [1.54, 1.807) is 6.08 Å². The highest BCUT2D eigenvalue weighted by atomic mass is 15.0. The van der Waals surface area contributed by atoms with Crippen molar-refractivity contribution in [2.75, 3.05) is 5.32 Å². The molecule has 252 valence electrons. The minimum atomic E-state index is 0.208. The van der Waals surface area contributed by atoms with E-state index in [9.17, 15) is 0 Å². The van der Waals surface area contributed by atoms with Gasteiger partial charge in [0, 0.05) is 22.0 Å².